The van der Waals surface area contributed by atoms with E-state index in [-0.39, 0.29) is 16.7 Å². The highest BCUT2D eigenvalue weighted by molar-refractivity contribution is 5.75. The largest absolute Gasteiger partial charge is 0.467 e. The molecule has 4 atom stereocenters. The van der Waals surface area contributed by atoms with E-state index in [0.717, 1.165) is 37.9 Å². The third-order valence-corrected chi connectivity index (χ3v) is 7.27. The molecule has 1 heterocycles. The lowest BCUT2D eigenvalue weighted by Gasteiger charge is -2.51. The third kappa shape index (κ3) is 4.09. The van der Waals surface area contributed by atoms with E-state index in [2.05, 4.69) is 38.2 Å². The van der Waals surface area contributed by atoms with Crippen LogP contribution < -0.4 is 5.32 Å². The number of nitrogens with one attached hydrogen (secondary N) is 1. The van der Waals surface area contributed by atoms with Crippen LogP contribution in [0.15, 0.2) is 22.8 Å². The Hall–Kier alpha value is -1.33. The predicted octanol–water partition coefficient (Wildman–Crippen LogP) is 3.57. The molecule has 2 fully saturated rings. The molecule has 1 amide bonds. The van der Waals surface area contributed by atoms with Crippen LogP contribution in [0.4, 0.5) is 0 Å². The highest BCUT2D eigenvalue weighted by Gasteiger charge is 2.61. The maximum atomic E-state index is 12.5. The first kappa shape index (κ1) is 20.4. The molecule has 2 saturated carbocycles. The van der Waals surface area contributed by atoms with Crippen LogP contribution in [0.5, 0.6) is 0 Å². The molecule has 0 bridgehead atoms. The molecule has 2 aliphatic rings. The van der Waals surface area contributed by atoms with Crippen LogP contribution in [0.25, 0.3) is 0 Å². The van der Waals surface area contributed by atoms with E-state index in [0.29, 0.717) is 24.9 Å². The lowest BCUT2D eigenvalue weighted by molar-refractivity contribution is -0.124. The summed E-state index contributed by atoms with van der Waals surface area (Å²) in [7, 11) is 4.32. The van der Waals surface area contributed by atoms with Crippen LogP contribution in [0.2, 0.25) is 0 Å². The van der Waals surface area contributed by atoms with Crippen molar-refractivity contribution in [1.29, 1.82) is 0 Å². The minimum Gasteiger partial charge on any atom is -0.467 e. The summed E-state index contributed by atoms with van der Waals surface area (Å²) in [6.07, 6.45) is 6.79. The molecular formula is C22H36N2O3. The molecule has 0 aliphatic heterocycles. The first-order chi connectivity index (χ1) is 12.6. The molecule has 152 valence electrons. The van der Waals surface area contributed by atoms with E-state index in [9.17, 15) is 9.90 Å². The van der Waals surface area contributed by atoms with E-state index in [4.69, 9.17) is 4.42 Å². The Morgan fingerprint density at radius 2 is 2.04 bits per heavy atom. The lowest BCUT2D eigenvalue weighted by Crippen LogP contribution is -2.51. The molecule has 2 N–H and O–H groups in total. The summed E-state index contributed by atoms with van der Waals surface area (Å²) >= 11 is 0. The highest BCUT2D eigenvalue weighted by atomic mass is 16.3. The maximum Gasteiger partial charge on any atom is 0.220 e. The van der Waals surface area contributed by atoms with Crippen LogP contribution >= 0.6 is 0 Å². The normalized spacial score (nSPS) is 35.2. The summed E-state index contributed by atoms with van der Waals surface area (Å²) in [4.78, 5) is 14.9. The van der Waals surface area contributed by atoms with Gasteiger partial charge in [-0.1, -0.05) is 13.8 Å². The molecule has 27 heavy (non-hydrogen) atoms. The van der Waals surface area contributed by atoms with Crippen LogP contribution in [-0.2, 0) is 11.3 Å². The van der Waals surface area contributed by atoms with Crippen molar-refractivity contribution >= 4 is 5.91 Å². The summed E-state index contributed by atoms with van der Waals surface area (Å²) in [6.45, 7) is 7.11. The average molecular weight is 377 g/mol. The van der Waals surface area contributed by atoms with E-state index < -0.39 is 5.60 Å². The molecule has 2 aliphatic carbocycles. The van der Waals surface area contributed by atoms with Crippen LogP contribution in [0, 0.1) is 16.7 Å². The summed E-state index contributed by atoms with van der Waals surface area (Å²) in [5.41, 5.74) is -0.324. The van der Waals surface area contributed by atoms with Gasteiger partial charge in [0.05, 0.1) is 18.4 Å². The maximum absolute atomic E-state index is 12.5. The van der Waals surface area contributed by atoms with E-state index in [1.165, 1.54) is 0 Å². The number of aliphatic hydroxyl groups is 1. The van der Waals surface area contributed by atoms with Gasteiger partial charge in [-0.25, -0.2) is 0 Å². The predicted molar refractivity (Wildman–Crippen MR) is 106 cm³/mol. The van der Waals surface area contributed by atoms with E-state index in [1.807, 2.05) is 19.1 Å². The van der Waals surface area contributed by atoms with Crippen molar-refractivity contribution in [3.05, 3.63) is 24.2 Å². The number of carbonyl (C=O) groups excluding carboxylic acids is 1. The van der Waals surface area contributed by atoms with Gasteiger partial charge in [0.1, 0.15) is 5.76 Å². The number of furan rings is 1. The molecule has 1 aromatic rings. The SMILES string of the molecule is CN(C)[C@H]1CC(C)(C)[C@@H]2C[C@](C)(O)CC[C@@]12CCC(=O)NCc1ccco1. The van der Waals surface area contributed by atoms with Crippen molar-refractivity contribution < 1.29 is 14.3 Å². The fourth-order valence-electron chi connectivity index (χ4n) is 5.91. The van der Waals surface area contributed by atoms with Gasteiger partial charge in [0, 0.05) is 12.5 Å². The first-order valence-electron chi connectivity index (χ1n) is 10.2. The van der Waals surface area contributed by atoms with Gasteiger partial charge in [-0.15, -0.1) is 0 Å². The van der Waals surface area contributed by atoms with Gasteiger partial charge in [-0.05, 0) is 82.0 Å². The Labute approximate surface area is 163 Å². The summed E-state index contributed by atoms with van der Waals surface area (Å²) in [5, 5.41) is 13.7. The standard InChI is InChI=1S/C22H36N2O3/c1-20(2)14-18(24(4)5)22(11-10-21(3,26)13-17(20)22)9-8-19(25)23-15-16-7-6-12-27-16/h6-7,12,17-18,26H,8-11,13-15H2,1-5H3,(H,23,25)/t17-,18-,21+,22+/m0/s1. The summed E-state index contributed by atoms with van der Waals surface area (Å²) < 4.78 is 5.30. The van der Waals surface area contributed by atoms with Gasteiger partial charge in [0.25, 0.3) is 0 Å². The number of hydrogen-bond acceptors (Lipinski definition) is 4. The number of hydrogen-bond donors (Lipinski definition) is 2. The van der Waals surface area contributed by atoms with Crippen molar-refractivity contribution in [2.45, 2.75) is 77.5 Å². The number of amides is 1. The highest BCUT2D eigenvalue weighted by Crippen LogP contribution is 2.64. The molecule has 0 aromatic carbocycles. The molecule has 0 spiro atoms. The fraction of sp³-hybridized carbons (Fsp3) is 0.773. The molecule has 5 heteroatoms. The molecule has 0 radical (unpaired) electrons. The monoisotopic (exact) mass is 376 g/mol. The molecule has 3 rings (SSSR count). The first-order valence-corrected chi connectivity index (χ1v) is 10.2. The average Bonchev–Trinajstić information content (AvgIpc) is 3.17. The van der Waals surface area contributed by atoms with Crippen molar-refractivity contribution in [3.8, 4) is 0 Å². The molecule has 1 aromatic heterocycles. The minimum absolute atomic E-state index is 0.0825. The van der Waals surface area contributed by atoms with Crippen molar-refractivity contribution in [2.75, 3.05) is 14.1 Å². The Morgan fingerprint density at radius 3 is 2.67 bits per heavy atom. The second-order valence-electron chi connectivity index (χ2n) is 10.0. The zero-order valence-corrected chi connectivity index (χ0v) is 17.5. The molecular weight excluding hydrogens is 340 g/mol. The van der Waals surface area contributed by atoms with Gasteiger partial charge < -0.3 is 19.7 Å². The summed E-state index contributed by atoms with van der Waals surface area (Å²) in [6, 6.07) is 4.16. The molecule has 5 nitrogen and oxygen atoms in total. The van der Waals surface area contributed by atoms with Crippen LogP contribution in [-0.4, -0.2) is 41.7 Å². The van der Waals surface area contributed by atoms with Crippen molar-refractivity contribution in [2.24, 2.45) is 16.7 Å². The lowest BCUT2D eigenvalue weighted by atomic mass is 9.57. The quantitative estimate of drug-likeness (QED) is 0.796. The number of fused-ring (bicyclic) bond motifs is 1. The molecule has 0 unspecified atom stereocenters. The van der Waals surface area contributed by atoms with Crippen molar-refractivity contribution in [3.63, 3.8) is 0 Å². The topological polar surface area (TPSA) is 65.7 Å². The Balaban J connectivity index is 1.73. The zero-order chi connectivity index (χ0) is 19.9. The van der Waals surface area contributed by atoms with Gasteiger partial charge in [-0.2, -0.15) is 0 Å². The van der Waals surface area contributed by atoms with E-state index in [1.54, 1.807) is 6.26 Å². The van der Waals surface area contributed by atoms with Crippen molar-refractivity contribution in [1.82, 2.24) is 10.2 Å². The number of carbonyl (C=O) groups is 1. The second kappa shape index (κ2) is 7.25. The van der Waals surface area contributed by atoms with Crippen LogP contribution in [0.1, 0.15) is 65.1 Å². The smallest absolute Gasteiger partial charge is 0.220 e. The van der Waals surface area contributed by atoms with Gasteiger partial charge in [0.15, 0.2) is 0 Å². The Morgan fingerprint density at radius 1 is 1.30 bits per heavy atom. The zero-order valence-electron chi connectivity index (χ0n) is 17.5. The van der Waals surface area contributed by atoms with E-state index >= 15 is 0 Å². The third-order valence-electron chi connectivity index (χ3n) is 7.27. The van der Waals surface area contributed by atoms with Gasteiger partial charge >= 0.3 is 0 Å². The summed E-state index contributed by atoms with van der Waals surface area (Å²) in [5.74, 6) is 1.29. The Bertz CT molecular complexity index is 651. The molecule has 0 saturated heterocycles. The second-order valence-corrected chi connectivity index (χ2v) is 10.0. The number of nitrogens with zero attached hydrogens (tertiary/aromatic N) is 1. The minimum atomic E-state index is -0.589. The number of rotatable bonds is 6. The van der Waals surface area contributed by atoms with Gasteiger partial charge in [-0.3, -0.25) is 4.79 Å². The van der Waals surface area contributed by atoms with Gasteiger partial charge in [0.2, 0.25) is 5.91 Å². The fourth-order valence-corrected chi connectivity index (χ4v) is 5.91. The van der Waals surface area contributed by atoms with Crippen LogP contribution in [0.3, 0.4) is 0 Å². The Kier molecular flexibility index (Phi) is 5.48.